The Labute approximate surface area is 151 Å². The molecular weight excluding hydrogens is 362 g/mol. The second-order valence-electron chi connectivity index (χ2n) is 6.55. The third kappa shape index (κ3) is 4.26. The van der Waals surface area contributed by atoms with Crippen LogP contribution in [0.5, 0.6) is 0 Å². The molecule has 0 bridgehead atoms. The van der Waals surface area contributed by atoms with Crippen molar-refractivity contribution in [2.45, 2.75) is 31.8 Å². The first-order valence-corrected chi connectivity index (χ1v) is 9.34. The number of nitrogens with two attached hydrogens (primary N) is 1. The maximum atomic E-state index is 12.2. The van der Waals surface area contributed by atoms with Gasteiger partial charge in [0.1, 0.15) is 5.82 Å². The fraction of sp³-hybridized carbons (Fsp3) is 0.400. The van der Waals surface area contributed by atoms with Crippen molar-refractivity contribution in [2.24, 2.45) is 5.41 Å². The van der Waals surface area contributed by atoms with Crippen LogP contribution in [-0.2, 0) is 11.2 Å². The molecule has 0 aliphatic heterocycles. The standard InChI is InChI=1S/C15H17N5O3S2/c1-15(2)4-7-12(8(21)5-15)25-14(17-7)20-11(23)6-24-13-18-9(16)3-10(22)19-13/h3H,4-6H2,1-2H3,(H,17,20,23)(H3,16,18,19,22). The van der Waals surface area contributed by atoms with E-state index in [0.717, 1.165) is 17.5 Å². The Kier molecular flexibility index (Phi) is 4.65. The van der Waals surface area contributed by atoms with E-state index in [1.807, 2.05) is 13.8 Å². The molecule has 2 aromatic heterocycles. The number of thiazole rings is 1. The number of carbonyl (C=O) groups is 2. The van der Waals surface area contributed by atoms with Crippen LogP contribution in [0.25, 0.3) is 0 Å². The lowest BCUT2D eigenvalue weighted by atomic mass is 9.78. The molecule has 0 saturated carbocycles. The van der Waals surface area contributed by atoms with E-state index in [1.54, 1.807) is 0 Å². The van der Waals surface area contributed by atoms with Gasteiger partial charge in [-0.05, 0) is 11.8 Å². The Morgan fingerprint density at radius 2 is 2.16 bits per heavy atom. The largest absolute Gasteiger partial charge is 0.383 e. The summed E-state index contributed by atoms with van der Waals surface area (Å²) in [5, 5.41) is 3.38. The minimum absolute atomic E-state index is 0.0378. The number of nitrogen functional groups attached to an aromatic ring is 1. The van der Waals surface area contributed by atoms with Crippen LogP contribution in [0.3, 0.4) is 0 Å². The number of aromatic amines is 1. The number of amides is 1. The van der Waals surface area contributed by atoms with Gasteiger partial charge in [0.15, 0.2) is 16.1 Å². The number of ketones is 1. The Hall–Kier alpha value is -2.20. The topological polar surface area (TPSA) is 131 Å². The molecule has 0 aromatic carbocycles. The molecule has 0 saturated heterocycles. The molecule has 3 rings (SSSR count). The minimum Gasteiger partial charge on any atom is -0.383 e. The van der Waals surface area contributed by atoms with Gasteiger partial charge in [-0.25, -0.2) is 9.97 Å². The number of nitrogens with zero attached hydrogens (tertiary/aromatic N) is 2. The number of thioether (sulfide) groups is 1. The van der Waals surface area contributed by atoms with Crippen LogP contribution in [0.15, 0.2) is 16.0 Å². The van der Waals surface area contributed by atoms with E-state index in [2.05, 4.69) is 20.3 Å². The number of hydrogen-bond acceptors (Lipinski definition) is 8. The van der Waals surface area contributed by atoms with Crippen molar-refractivity contribution in [3.05, 3.63) is 27.0 Å². The fourth-order valence-corrected chi connectivity index (χ4v) is 4.20. The average Bonchev–Trinajstić information content (AvgIpc) is 2.85. The van der Waals surface area contributed by atoms with Crippen LogP contribution in [0.2, 0.25) is 0 Å². The number of anilines is 2. The lowest BCUT2D eigenvalue weighted by molar-refractivity contribution is -0.113. The summed E-state index contributed by atoms with van der Waals surface area (Å²) in [4.78, 5) is 47.0. The number of rotatable bonds is 4. The van der Waals surface area contributed by atoms with E-state index < -0.39 is 0 Å². The van der Waals surface area contributed by atoms with Gasteiger partial charge in [0.25, 0.3) is 5.56 Å². The molecule has 2 aromatic rings. The monoisotopic (exact) mass is 379 g/mol. The average molecular weight is 379 g/mol. The normalized spacial score (nSPS) is 15.7. The molecule has 25 heavy (non-hydrogen) atoms. The number of carbonyl (C=O) groups excluding carboxylic acids is 2. The number of fused-ring (bicyclic) bond motifs is 1. The predicted octanol–water partition coefficient (Wildman–Crippen LogP) is 1.69. The second kappa shape index (κ2) is 6.60. The number of aromatic nitrogens is 3. The van der Waals surface area contributed by atoms with Gasteiger partial charge in [-0.15, -0.1) is 0 Å². The van der Waals surface area contributed by atoms with E-state index in [1.165, 1.54) is 17.4 Å². The highest BCUT2D eigenvalue weighted by atomic mass is 32.2. The Bertz CT molecular complexity index is 903. The highest BCUT2D eigenvalue weighted by molar-refractivity contribution is 7.99. The van der Waals surface area contributed by atoms with Crippen LogP contribution in [0.4, 0.5) is 10.9 Å². The predicted molar refractivity (Wildman–Crippen MR) is 97.2 cm³/mol. The van der Waals surface area contributed by atoms with Crippen molar-refractivity contribution in [1.82, 2.24) is 15.0 Å². The van der Waals surface area contributed by atoms with Crippen molar-refractivity contribution < 1.29 is 9.59 Å². The van der Waals surface area contributed by atoms with Crippen molar-refractivity contribution in [3.63, 3.8) is 0 Å². The molecule has 1 aliphatic rings. The number of hydrogen-bond donors (Lipinski definition) is 3. The summed E-state index contributed by atoms with van der Waals surface area (Å²) in [6, 6.07) is 1.17. The maximum Gasteiger partial charge on any atom is 0.253 e. The zero-order valence-electron chi connectivity index (χ0n) is 13.7. The van der Waals surface area contributed by atoms with Crippen LogP contribution < -0.4 is 16.6 Å². The van der Waals surface area contributed by atoms with Crippen molar-refractivity contribution >= 4 is 45.7 Å². The number of nitrogens with one attached hydrogen (secondary N) is 2. The summed E-state index contributed by atoms with van der Waals surface area (Å²) in [5.74, 6) is -0.0933. The van der Waals surface area contributed by atoms with Gasteiger partial charge in [-0.3, -0.25) is 14.4 Å². The molecule has 4 N–H and O–H groups in total. The summed E-state index contributed by atoms with van der Waals surface area (Å²) in [6.45, 7) is 4.06. The van der Waals surface area contributed by atoms with Gasteiger partial charge < -0.3 is 16.0 Å². The molecule has 0 unspecified atom stereocenters. The Morgan fingerprint density at radius 1 is 1.40 bits per heavy atom. The van der Waals surface area contributed by atoms with E-state index in [9.17, 15) is 14.4 Å². The minimum atomic E-state index is -0.371. The summed E-state index contributed by atoms with van der Waals surface area (Å²) in [6.07, 6.45) is 1.20. The molecule has 0 spiro atoms. The summed E-state index contributed by atoms with van der Waals surface area (Å²) >= 11 is 2.27. The molecule has 1 amide bonds. The van der Waals surface area contributed by atoms with E-state index in [-0.39, 0.29) is 39.4 Å². The third-order valence-electron chi connectivity index (χ3n) is 3.56. The van der Waals surface area contributed by atoms with E-state index in [0.29, 0.717) is 22.9 Å². The van der Waals surface area contributed by atoms with Crippen molar-refractivity contribution in [3.8, 4) is 0 Å². The Balaban J connectivity index is 1.64. The second-order valence-corrected chi connectivity index (χ2v) is 8.51. The summed E-state index contributed by atoms with van der Waals surface area (Å²) in [5.41, 5.74) is 5.76. The third-order valence-corrected chi connectivity index (χ3v) is 5.49. The molecule has 0 radical (unpaired) electrons. The number of H-pyrrole nitrogens is 1. The highest BCUT2D eigenvalue weighted by Gasteiger charge is 2.34. The van der Waals surface area contributed by atoms with Crippen LogP contribution >= 0.6 is 23.1 Å². The van der Waals surface area contributed by atoms with Crippen molar-refractivity contribution in [2.75, 3.05) is 16.8 Å². The maximum absolute atomic E-state index is 12.2. The fourth-order valence-electron chi connectivity index (χ4n) is 2.58. The van der Waals surface area contributed by atoms with Gasteiger partial charge in [0.2, 0.25) is 5.91 Å². The van der Waals surface area contributed by atoms with Gasteiger partial charge in [-0.2, -0.15) is 0 Å². The van der Waals surface area contributed by atoms with Gasteiger partial charge in [-0.1, -0.05) is 36.9 Å². The van der Waals surface area contributed by atoms with Gasteiger partial charge >= 0.3 is 0 Å². The molecule has 132 valence electrons. The molecule has 0 atom stereocenters. The first kappa shape index (κ1) is 17.6. The smallest absolute Gasteiger partial charge is 0.253 e. The SMILES string of the molecule is CC1(C)CC(=O)c2sc(NC(=O)CSc3nc(N)cc(=O)[nH]3)nc2C1. The Morgan fingerprint density at radius 3 is 2.88 bits per heavy atom. The van der Waals surface area contributed by atoms with Crippen LogP contribution in [0.1, 0.15) is 35.6 Å². The van der Waals surface area contributed by atoms with Crippen LogP contribution in [0, 0.1) is 5.41 Å². The molecule has 2 heterocycles. The lowest BCUT2D eigenvalue weighted by Gasteiger charge is -2.26. The lowest BCUT2D eigenvalue weighted by Crippen LogP contribution is -2.26. The van der Waals surface area contributed by atoms with Gasteiger partial charge in [0.05, 0.1) is 16.3 Å². The van der Waals surface area contributed by atoms with Crippen LogP contribution in [-0.4, -0.2) is 32.4 Å². The first-order chi connectivity index (χ1) is 11.7. The quantitative estimate of drug-likeness (QED) is 0.544. The molecule has 8 nitrogen and oxygen atoms in total. The van der Waals surface area contributed by atoms with E-state index >= 15 is 0 Å². The summed E-state index contributed by atoms with van der Waals surface area (Å²) < 4.78 is 0. The highest BCUT2D eigenvalue weighted by Crippen LogP contribution is 2.38. The first-order valence-electron chi connectivity index (χ1n) is 7.54. The van der Waals surface area contributed by atoms with E-state index in [4.69, 9.17) is 5.73 Å². The van der Waals surface area contributed by atoms with Gasteiger partial charge in [0, 0.05) is 12.5 Å². The zero-order chi connectivity index (χ0) is 18.2. The zero-order valence-corrected chi connectivity index (χ0v) is 15.3. The molecular formula is C15H17N5O3S2. The van der Waals surface area contributed by atoms with Crippen molar-refractivity contribution in [1.29, 1.82) is 0 Å². The number of Topliss-reactive ketones (excluding diaryl/α,β-unsaturated/α-hetero) is 1. The summed E-state index contributed by atoms with van der Waals surface area (Å²) in [7, 11) is 0. The molecule has 1 aliphatic carbocycles. The molecule has 10 heteroatoms. The molecule has 0 fully saturated rings.